The van der Waals surface area contributed by atoms with Crippen LogP contribution in [-0.2, 0) is 0 Å². The molecule has 8 nitrogen and oxygen atoms in total. The molecule has 0 unspecified atom stereocenters. The van der Waals surface area contributed by atoms with Crippen LogP contribution in [0.3, 0.4) is 0 Å². The number of allylic oxidation sites excluding steroid dienone is 3. The van der Waals surface area contributed by atoms with Gasteiger partial charge in [-0.2, -0.15) is 10.5 Å². The molecule has 9 heteroatoms. The molecule has 0 saturated heterocycles. The van der Waals surface area contributed by atoms with Gasteiger partial charge in [-0.25, -0.2) is 4.98 Å². The zero-order valence-electron chi connectivity index (χ0n) is 16.9. The number of anilines is 1. The number of pyridine rings is 1. The van der Waals surface area contributed by atoms with E-state index in [1.807, 2.05) is 0 Å². The summed E-state index contributed by atoms with van der Waals surface area (Å²) < 4.78 is 5.92. The maximum absolute atomic E-state index is 10.9. The van der Waals surface area contributed by atoms with E-state index in [2.05, 4.69) is 17.1 Å². The van der Waals surface area contributed by atoms with Crippen molar-refractivity contribution in [2.24, 2.45) is 0 Å². The standard InChI is InChI=1S/C23H14ClN5O3/c1-11-16(21-12(2)18(10-26)23(27)28-22(21)17(11)9-25)8-14-4-6-20(32-14)15-5-3-13(29(30)31)7-19(15)24/h3-8H,1-2H3,(H2,27,28)/b16-8+. The topological polar surface area (TPSA) is 143 Å². The Kier molecular flexibility index (Phi) is 5.01. The molecule has 0 atom stereocenters. The highest BCUT2D eigenvalue weighted by Gasteiger charge is 2.30. The van der Waals surface area contributed by atoms with Crippen molar-refractivity contribution >= 4 is 40.3 Å². The summed E-state index contributed by atoms with van der Waals surface area (Å²) in [6, 6.07) is 11.8. The molecule has 2 heterocycles. The first-order valence-electron chi connectivity index (χ1n) is 9.35. The minimum atomic E-state index is -0.522. The number of hydrogen-bond donors (Lipinski definition) is 1. The summed E-state index contributed by atoms with van der Waals surface area (Å²) in [7, 11) is 0. The van der Waals surface area contributed by atoms with Gasteiger partial charge in [0.1, 0.15) is 29.5 Å². The summed E-state index contributed by atoms with van der Waals surface area (Å²) >= 11 is 6.21. The number of nitrogens with two attached hydrogens (primary N) is 1. The van der Waals surface area contributed by atoms with E-state index >= 15 is 0 Å². The lowest BCUT2D eigenvalue weighted by molar-refractivity contribution is -0.384. The van der Waals surface area contributed by atoms with Gasteiger partial charge < -0.3 is 10.2 Å². The maximum atomic E-state index is 10.9. The second kappa shape index (κ2) is 7.69. The number of nitriles is 2. The van der Waals surface area contributed by atoms with E-state index in [-0.39, 0.29) is 22.1 Å². The smallest absolute Gasteiger partial charge is 0.270 e. The fourth-order valence-corrected chi connectivity index (χ4v) is 4.00. The fourth-order valence-electron chi connectivity index (χ4n) is 3.73. The molecule has 0 bridgehead atoms. The van der Waals surface area contributed by atoms with Gasteiger partial charge in [0.25, 0.3) is 5.69 Å². The molecular formula is C23H14ClN5O3. The lowest BCUT2D eigenvalue weighted by atomic mass is 9.96. The Labute approximate surface area is 187 Å². The average molecular weight is 444 g/mol. The molecule has 0 fully saturated rings. The molecule has 4 rings (SSSR count). The SMILES string of the molecule is CC1=C(C#N)c2nc(N)c(C#N)c(C)c2/C1=C/c1ccc(-c2ccc([N+](=O)[O-])cc2Cl)o1. The van der Waals surface area contributed by atoms with Crippen molar-refractivity contribution in [1.82, 2.24) is 4.98 Å². The van der Waals surface area contributed by atoms with Crippen LogP contribution in [-0.4, -0.2) is 9.91 Å². The van der Waals surface area contributed by atoms with E-state index < -0.39 is 4.92 Å². The van der Waals surface area contributed by atoms with Gasteiger partial charge in [-0.05, 0) is 54.8 Å². The number of furan rings is 1. The second-order valence-corrected chi connectivity index (χ2v) is 7.53. The summed E-state index contributed by atoms with van der Waals surface area (Å²) in [6.45, 7) is 3.56. The van der Waals surface area contributed by atoms with Gasteiger partial charge in [-0.1, -0.05) is 11.6 Å². The summed E-state index contributed by atoms with van der Waals surface area (Å²) in [5, 5.41) is 30.2. The third-order valence-electron chi connectivity index (χ3n) is 5.33. The Hall–Kier alpha value is -4.40. The van der Waals surface area contributed by atoms with Gasteiger partial charge in [0.15, 0.2) is 0 Å². The molecule has 156 valence electrons. The average Bonchev–Trinajstić information content (AvgIpc) is 3.31. The molecule has 1 aliphatic carbocycles. The summed E-state index contributed by atoms with van der Waals surface area (Å²) in [6.07, 6.45) is 1.76. The number of hydrogen-bond acceptors (Lipinski definition) is 7. The number of nitrogen functional groups attached to an aromatic ring is 1. The van der Waals surface area contributed by atoms with Crippen LogP contribution in [0.4, 0.5) is 11.5 Å². The number of benzene rings is 1. The number of nitrogens with zero attached hydrogens (tertiary/aromatic N) is 4. The van der Waals surface area contributed by atoms with Crippen LogP contribution in [0, 0.1) is 39.7 Å². The van der Waals surface area contributed by atoms with E-state index in [1.54, 1.807) is 32.1 Å². The Balaban J connectivity index is 1.83. The molecule has 2 N–H and O–H groups in total. The highest BCUT2D eigenvalue weighted by Crippen LogP contribution is 2.44. The molecule has 3 aromatic rings. The first-order chi connectivity index (χ1) is 15.3. The van der Waals surface area contributed by atoms with Crippen molar-refractivity contribution in [3.8, 4) is 23.5 Å². The van der Waals surface area contributed by atoms with Crippen molar-refractivity contribution in [2.75, 3.05) is 5.73 Å². The van der Waals surface area contributed by atoms with Crippen LogP contribution in [0.2, 0.25) is 5.02 Å². The molecule has 0 spiro atoms. The highest BCUT2D eigenvalue weighted by atomic mass is 35.5. The van der Waals surface area contributed by atoms with Gasteiger partial charge in [-0.15, -0.1) is 0 Å². The number of rotatable bonds is 3. The third kappa shape index (κ3) is 3.20. The molecule has 32 heavy (non-hydrogen) atoms. The maximum Gasteiger partial charge on any atom is 0.270 e. The van der Waals surface area contributed by atoms with Crippen LogP contribution >= 0.6 is 11.6 Å². The van der Waals surface area contributed by atoms with E-state index in [1.165, 1.54) is 18.2 Å². The Morgan fingerprint density at radius 2 is 1.97 bits per heavy atom. The summed E-state index contributed by atoms with van der Waals surface area (Å²) in [5.74, 6) is 0.990. The van der Waals surface area contributed by atoms with Crippen molar-refractivity contribution in [2.45, 2.75) is 13.8 Å². The number of aromatic nitrogens is 1. The minimum absolute atomic E-state index is 0.0821. The largest absolute Gasteiger partial charge is 0.457 e. The van der Waals surface area contributed by atoms with E-state index in [0.29, 0.717) is 50.6 Å². The molecule has 0 amide bonds. The fraction of sp³-hybridized carbons (Fsp3) is 0.0870. The van der Waals surface area contributed by atoms with E-state index in [9.17, 15) is 20.6 Å². The minimum Gasteiger partial charge on any atom is -0.457 e. The summed E-state index contributed by atoms with van der Waals surface area (Å²) in [5.41, 5.74) is 10.1. The molecular weight excluding hydrogens is 430 g/mol. The highest BCUT2D eigenvalue weighted by molar-refractivity contribution is 6.33. The lowest BCUT2D eigenvalue weighted by Gasteiger charge is -2.10. The van der Waals surface area contributed by atoms with Gasteiger partial charge in [0, 0.05) is 23.3 Å². The van der Waals surface area contributed by atoms with Crippen molar-refractivity contribution in [3.05, 3.63) is 79.2 Å². The first kappa shape index (κ1) is 20.9. The van der Waals surface area contributed by atoms with E-state index in [0.717, 1.165) is 0 Å². The monoisotopic (exact) mass is 443 g/mol. The van der Waals surface area contributed by atoms with Gasteiger partial charge in [0.05, 0.1) is 26.8 Å². The van der Waals surface area contributed by atoms with E-state index in [4.69, 9.17) is 21.8 Å². The Bertz CT molecular complexity index is 1470. The van der Waals surface area contributed by atoms with Gasteiger partial charge in [0.2, 0.25) is 0 Å². The number of fused-ring (bicyclic) bond motifs is 1. The van der Waals surface area contributed by atoms with Crippen molar-refractivity contribution < 1.29 is 9.34 Å². The molecule has 0 aliphatic heterocycles. The molecule has 0 radical (unpaired) electrons. The van der Waals surface area contributed by atoms with Crippen LogP contribution in [0.25, 0.3) is 28.5 Å². The Morgan fingerprint density at radius 1 is 1.22 bits per heavy atom. The van der Waals surface area contributed by atoms with Crippen LogP contribution in [0.15, 0.2) is 40.3 Å². The Morgan fingerprint density at radius 3 is 2.59 bits per heavy atom. The number of nitro groups is 1. The zero-order chi connectivity index (χ0) is 23.2. The van der Waals surface area contributed by atoms with Gasteiger partial charge in [-0.3, -0.25) is 10.1 Å². The van der Waals surface area contributed by atoms with Crippen LogP contribution in [0.5, 0.6) is 0 Å². The second-order valence-electron chi connectivity index (χ2n) is 7.13. The number of halogens is 1. The third-order valence-corrected chi connectivity index (χ3v) is 5.64. The van der Waals surface area contributed by atoms with Gasteiger partial charge >= 0.3 is 0 Å². The zero-order valence-corrected chi connectivity index (χ0v) is 17.7. The lowest BCUT2D eigenvalue weighted by Crippen LogP contribution is -2.03. The van der Waals surface area contributed by atoms with Crippen LogP contribution in [0.1, 0.15) is 35.1 Å². The van der Waals surface area contributed by atoms with Crippen molar-refractivity contribution in [3.63, 3.8) is 0 Å². The predicted molar refractivity (Wildman–Crippen MR) is 120 cm³/mol. The molecule has 1 aliphatic rings. The molecule has 2 aromatic heterocycles. The van der Waals surface area contributed by atoms with Crippen LogP contribution < -0.4 is 5.73 Å². The normalized spacial score (nSPS) is 13.7. The predicted octanol–water partition coefficient (Wildman–Crippen LogP) is 5.52. The first-order valence-corrected chi connectivity index (χ1v) is 9.72. The quantitative estimate of drug-likeness (QED) is 0.414. The number of nitro benzene ring substituents is 1. The summed E-state index contributed by atoms with van der Waals surface area (Å²) in [4.78, 5) is 14.7. The molecule has 1 aromatic carbocycles. The molecule has 0 saturated carbocycles. The number of non-ortho nitro benzene ring substituents is 1. The van der Waals surface area contributed by atoms with Crippen molar-refractivity contribution in [1.29, 1.82) is 10.5 Å².